The minimum Gasteiger partial charge on any atom is -0.480 e. The summed E-state index contributed by atoms with van der Waals surface area (Å²) in [5.74, 6) is -1.76. The lowest BCUT2D eigenvalue weighted by molar-refractivity contribution is -0.137. The number of aromatic nitrogens is 4. The predicted molar refractivity (Wildman–Crippen MR) is 43.4 cm³/mol. The minimum atomic E-state index is -1.08. The van der Waals surface area contributed by atoms with Crippen LogP contribution in [0.15, 0.2) is 0 Å². The molecule has 1 amide bonds. The third-order valence-corrected chi connectivity index (χ3v) is 1.53. The molecule has 8 nitrogen and oxygen atoms in total. The monoisotopic (exact) mass is 199 g/mol. The molecule has 0 aliphatic heterocycles. The van der Waals surface area contributed by atoms with Crippen LogP contribution >= 0.6 is 0 Å². The Balaban J connectivity index is 2.70. The summed E-state index contributed by atoms with van der Waals surface area (Å²) in [4.78, 5) is 22.9. The van der Waals surface area contributed by atoms with Crippen LogP contribution in [0.1, 0.15) is 17.5 Å². The van der Waals surface area contributed by atoms with Gasteiger partial charge in [-0.05, 0) is 12.1 Å². The van der Waals surface area contributed by atoms with Crippen molar-refractivity contribution in [3.63, 3.8) is 0 Å². The Hall–Kier alpha value is -1.99. The summed E-state index contributed by atoms with van der Waals surface area (Å²) in [5.41, 5.74) is 0. The number of carboxylic acids is 1. The van der Waals surface area contributed by atoms with E-state index in [4.69, 9.17) is 5.11 Å². The van der Waals surface area contributed by atoms with Gasteiger partial charge in [0.25, 0.3) is 11.7 Å². The number of amides is 1. The Morgan fingerprint density at radius 1 is 1.57 bits per heavy atom. The highest BCUT2D eigenvalue weighted by Gasteiger charge is 2.20. The van der Waals surface area contributed by atoms with Crippen LogP contribution in [0.2, 0.25) is 0 Å². The van der Waals surface area contributed by atoms with E-state index in [1.165, 1.54) is 0 Å². The van der Waals surface area contributed by atoms with Crippen LogP contribution in [0.3, 0.4) is 0 Å². The summed E-state index contributed by atoms with van der Waals surface area (Å²) in [6.07, 6.45) is 0. The molecule has 1 heterocycles. The molecule has 8 heteroatoms. The number of nitrogens with one attached hydrogen (secondary N) is 1. The molecule has 76 valence electrons. The molecule has 2 N–H and O–H groups in total. The van der Waals surface area contributed by atoms with Crippen LogP contribution in [-0.4, -0.2) is 55.6 Å². The van der Waals surface area contributed by atoms with Crippen LogP contribution < -0.4 is 0 Å². The highest BCUT2D eigenvalue weighted by atomic mass is 16.4. The Bertz CT molecular complexity index is 322. The van der Waals surface area contributed by atoms with Gasteiger partial charge < -0.3 is 10.0 Å². The Labute approximate surface area is 78.9 Å². The van der Waals surface area contributed by atoms with E-state index in [1.54, 1.807) is 6.92 Å². The van der Waals surface area contributed by atoms with Crippen LogP contribution in [0.25, 0.3) is 0 Å². The molecule has 0 unspecified atom stereocenters. The van der Waals surface area contributed by atoms with E-state index in [9.17, 15) is 9.59 Å². The van der Waals surface area contributed by atoms with Gasteiger partial charge in [-0.2, -0.15) is 5.21 Å². The van der Waals surface area contributed by atoms with Gasteiger partial charge in [-0.1, -0.05) is 0 Å². The molecule has 0 atom stereocenters. The number of carbonyl (C=O) groups excluding carboxylic acids is 1. The van der Waals surface area contributed by atoms with Gasteiger partial charge in [-0.15, -0.1) is 10.2 Å². The Morgan fingerprint density at radius 3 is 2.71 bits per heavy atom. The number of nitrogens with zero attached hydrogens (tertiary/aromatic N) is 4. The fourth-order valence-corrected chi connectivity index (χ4v) is 0.884. The second kappa shape index (κ2) is 4.30. The van der Waals surface area contributed by atoms with Crippen LogP contribution in [0, 0.1) is 0 Å². The van der Waals surface area contributed by atoms with E-state index < -0.39 is 11.9 Å². The number of likely N-dealkylation sites (N-methyl/N-ethyl adjacent to an activating group) is 1. The molecule has 1 aromatic rings. The summed E-state index contributed by atoms with van der Waals surface area (Å²) in [5, 5.41) is 20.8. The standard InChI is InChI=1S/C6H9N5O3/c1-2-11(3-4(12)13)6(14)5-7-9-10-8-5/h2-3H2,1H3,(H,12,13)(H,7,8,9,10). The number of hydrogen-bond acceptors (Lipinski definition) is 5. The second-order valence-corrected chi connectivity index (χ2v) is 2.45. The Morgan fingerprint density at radius 2 is 2.29 bits per heavy atom. The molecule has 14 heavy (non-hydrogen) atoms. The van der Waals surface area contributed by atoms with E-state index in [-0.39, 0.29) is 18.9 Å². The lowest BCUT2D eigenvalue weighted by Gasteiger charge is -2.15. The SMILES string of the molecule is CCN(CC(=O)O)C(=O)c1nn[nH]n1. The predicted octanol–water partition coefficient (Wildman–Crippen LogP) is -1.25. The molecule has 1 aromatic heterocycles. The third kappa shape index (κ3) is 2.25. The molecule has 0 fully saturated rings. The van der Waals surface area contributed by atoms with Crippen LogP contribution in [0.5, 0.6) is 0 Å². The van der Waals surface area contributed by atoms with Crippen molar-refractivity contribution in [2.24, 2.45) is 0 Å². The van der Waals surface area contributed by atoms with Crippen molar-refractivity contribution in [2.45, 2.75) is 6.92 Å². The summed E-state index contributed by atoms with van der Waals surface area (Å²) in [6, 6.07) is 0. The zero-order chi connectivity index (χ0) is 10.6. The molecule has 0 spiro atoms. The van der Waals surface area contributed by atoms with E-state index in [2.05, 4.69) is 20.6 Å². The number of carboxylic acid groups (broad SMARTS) is 1. The molecule has 1 rings (SSSR count). The lowest BCUT2D eigenvalue weighted by Crippen LogP contribution is -2.36. The number of rotatable bonds is 4. The first-order valence-corrected chi connectivity index (χ1v) is 3.89. The average Bonchev–Trinajstić information content (AvgIpc) is 2.65. The maximum atomic E-state index is 11.5. The van der Waals surface area contributed by atoms with Gasteiger partial charge in [0, 0.05) is 6.54 Å². The van der Waals surface area contributed by atoms with Crippen molar-refractivity contribution >= 4 is 11.9 Å². The largest absolute Gasteiger partial charge is 0.480 e. The fourth-order valence-electron chi connectivity index (χ4n) is 0.884. The normalized spacial score (nSPS) is 9.79. The molecule has 0 aliphatic carbocycles. The molecule has 0 saturated heterocycles. The molecule has 0 aromatic carbocycles. The average molecular weight is 199 g/mol. The topological polar surface area (TPSA) is 112 Å². The van der Waals surface area contributed by atoms with E-state index >= 15 is 0 Å². The number of tetrazole rings is 1. The van der Waals surface area contributed by atoms with Gasteiger partial charge in [0.2, 0.25) is 0 Å². The Kier molecular flexibility index (Phi) is 3.10. The third-order valence-electron chi connectivity index (χ3n) is 1.53. The van der Waals surface area contributed by atoms with Crippen molar-refractivity contribution in [1.29, 1.82) is 0 Å². The van der Waals surface area contributed by atoms with Gasteiger partial charge in [0.15, 0.2) is 0 Å². The van der Waals surface area contributed by atoms with Crippen molar-refractivity contribution in [1.82, 2.24) is 25.5 Å². The van der Waals surface area contributed by atoms with E-state index in [0.717, 1.165) is 4.90 Å². The van der Waals surface area contributed by atoms with Crippen molar-refractivity contribution in [3.8, 4) is 0 Å². The van der Waals surface area contributed by atoms with Gasteiger partial charge in [-0.25, -0.2) is 0 Å². The van der Waals surface area contributed by atoms with Crippen LogP contribution in [0.4, 0.5) is 0 Å². The highest BCUT2D eigenvalue weighted by Crippen LogP contribution is 1.96. The summed E-state index contributed by atoms with van der Waals surface area (Å²) in [6.45, 7) is 1.57. The first-order chi connectivity index (χ1) is 6.65. The molecule has 0 saturated carbocycles. The van der Waals surface area contributed by atoms with Gasteiger partial charge >= 0.3 is 5.97 Å². The zero-order valence-electron chi connectivity index (χ0n) is 7.47. The van der Waals surface area contributed by atoms with E-state index in [1.807, 2.05) is 0 Å². The second-order valence-electron chi connectivity index (χ2n) is 2.45. The van der Waals surface area contributed by atoms with Crippen molar-refractivity contribution in [2.75, 3.05) is 13.1 Å². The van der Waals surface area contributed by atoms with E-state index in [0.29, 0.717) is 0 Å². The highest BCUT2D eigenvalue weighted by molar-refractivity contribution is 5.92. The summed E-state index contributed by atoms with van der Waals surface area (Å²) >= 11 is 0. The molecular weight excluding hydrogens is 190 g/mol. The number of carbonyl (C=O) groups is 2. The van der Waals surface area contributed by atoms with Gasteiger partial charge in [0.1, 0.15) is 6.54 Å². The molecular formula is C6H9N5O3. The first kappa shape index (κ1) is 10.1. The fraction of sp³-hybridized carbons (Fsp3) is 0.500. The summed E-state index contributed by atoms with van der Waals surface area (Å²) in [7, 11) is 0. The first-order valence-electron chi connectivity index (χ1n) is 3.89. The maximum Gasteiger partial charge on any atom is 0.323 e. The maximum absolute atomic E-state index is 11.5. The van der Waals surface area contributed by atoms with Gasteiger partial charge in [-0.3, -0.25) is 9.59 Å². The van der Waals surface area contributed by atoms with Crippen LogP contribution in [-0.2, 0) is 4.79 Å². The lowest BCUT2D eigenvalue weighted by atomic mass is 10.4. The van der Waals surface area contributed by atoms with Gasteiger partial charge in [0.05, 0.1) is 0 Å². The molecule has 0 radical (unpaired) electrons. The zero-order valence-corrected chi connectivity index (χ0v) is 7.47. The number of aliphatic carboxylic acids is 1. The smallest absolute Gasteiger partial charge is 0.323 e. The number of aromatic amines is 1. The van der Waals surface area contributed by atoms with Crippen molar-refractivity contribution in [3.05, 3.63) is 5.82 Å². The van der Waals surface area contributed by atoms with Crippen molar-refractivity contribution < 1.29 is 14.7 Å². The molecule has 0 aliphatic rings. The summed E-state index contributed by atoms with van der Waals surface area (Å²) < 4.78 is 0. The quantitative estimate of drug-likeness (QED) is 0.626. The number of hydrogen-bond donors (Lipinski definition) is 2. The number of H-pyrrole nitrogens is 1. The minimum absolute atomic E-state index is 0.131. The molecule has 0 bridgehead atoms.